The van der Waals surface area contributed by atoms with E-state index in [-0.39, 0.29) is 11.7 Å². The molecule has 2 aromatic rings. The maximum absolute atomic E-state index is 11.8. The van der Waals surface area contributed by atoms with Gasteiger partial charge in [-0.2, -0.15) is 0 Å². The molecule has 0 saturated carbocycles. The van der Waals surface area contributed by atoms with Crippen LogP contribution in [-0.4, -0.2) is 16.8 Å². The molecule has 0 atom stereocenters. The standard InChI is InChI=1S/C17H19NO2S/c1-13-4-2-5-14(12-13)18-17(20)6-3-11-21-16-9-7-15(19)8-10-16/h2,4-5,7-10,12,19H,3,6,11H2,1H3,(H,18,20). The van der Waals surface area contributed by atoms with Crippen molar-refractivity contribution in [3.8, 4) is 5.75 Å². The highest BCUT2D eigenvalue weighted by molar-refractivity contribution is 7.99. The first-order valence-corrected chi connectivity index (χ1v) is 7.90. The van der Waals surface area contributed by atoms with E-state index >= 15 is 0 Å². The van der Waals surface area contributed by atoms with Crippen molar-refractivity contribution in [1.82, 2.24) is 0 Å². The molecule has 0 aliphatic carbocycles. The van der Waals surface area contributed by atoms with Crippen molar-refractivity contribution in [3.05, 3.63) is 54.1 Å². The lowest BCUT2D eigenvalue weighted by atomic mass is 10.2. The van der Waals surface area contributed by atoms with E-state index in [1.807, 2.05) is 43.3 Å². The van der Waals surface area contributed by atoms with E-state index in [2.05, 4.69) is 5.32 Å². The minimum Gasteiger partial charge on any atom is -0.508 e. The highest BCUT2D eigenvalue weighted by Crippen LogP contribution is 2.21. The van der Waals surface area contributed by atoms with E-state index < -0.39 is 0 Å². The zero-order valence-electron chi connectivity index (χ0n) is 12.0. The molecule has 0 aliphatic heterocycles. The van der Waals surface area contributed by atoms with Crippen LogP contribution < -0.4 is 5.32 Å². The lowest BCUT2D eigenvalue weighted by molar-refractivity contribution is -0.116. The summed E-state index contributed by atoms with van der Waals surface area (Å²) in [5, 5.41) is 12.1. The highest BCUT2D eigenvalue weighted by atomic mass is 32.2. The van der Waals surface area contributed by atoms with Crippen LogP contribution in [0.5, 0.6) is 5.75 Å². The van der Waals surface area contributed by atoms with Crippen molar-refractivity contribution in [2.75, 3.05) is 11.1 Å². The van der Waals surface area contributed by atoms with Gasteiger partial charge in [0.1, 0.15) is 5.75 Å². The monoisotopic (exact) mass is 301 g/mol. The van der Waals surface area contributed by atoms with Gasteiger partial charge >= 0.3 is 0 Å². The number of thioether (sulfide) groups is 1. The summed E-state index contributed by atoms with van der Waals surface area (Å²) in [5.74, 6) is 1.20. The number of anilines is 1. The predicted octanol–water partition coefficient (Wildman–Crippen LogP) is 4.21. The summed E-state index contributed by atoms with van der Waals surface area (Å²) in [6.07, 6.45) is 1.34. The molecular weight excluding hydrogens is 282 g/mol. The van der Waals surface area contributed by atoms with E-state index in [1.54, 1.807) is 23.9 Å². The van der Waals surface area contributed by atoms with Crippen LogP contribution in [0.15, 0.2) is 53.4 Å². The quantitative estimate of drug-likeness (QED) is 0.620. The van der Waals surface area contributed by atoms with Gasteiger partial charge in [-0.1, -0.05) is 12.1 Å². The summed E-state index contributed by atoms with van der Waals surface area (Å²) in [7, 11) is 0. The molecule has 2 aromatic carbocycles. The topological polar surface area (TPSA) is 49.3 Å². The Labute approximate surface area is 129 Å². The summed E-state index contributed by atoms with van der Waals surface area (Å²) in [6.45, 7) is 2.00. The smallest absolute Gasteiger partial charge is 0.224 e. The second kappa shape index (κ2) is 7.74. The van der Waals surface area contributed by atoms with E-state index in [4.69, 9.17) is 0 Å². The Hall–Kier alpha value is -1.94. The number of aromatic hydroxyl groups is 1. The predicted molar refractivity (Wildman–Crippen MR) is 87.9 cm³/mol. The molecule has 1 amide bonds. The molecule has 0 fully saturated rings. The molecule has 0 unspecified atom stereocenters. The van der Waals surface area contributed by atoms with Crippen LogP contribution in [0.25, 0.3) is 0 Å². The van der Waals surface area contributed by atoms with Crippen molar-refractivity contribution < 1.29 is 9.90 Å². The number of nitrogens with one attached hydrogen (secondary N) is 1. The van der Waals surface area contributed by atoms with Crippen molar-refractivity contribution >= 4 is 23.4 Å². The van der Waals surface area contributed by atoms with Gasteiger partial charge in [-0.25, -0.2) is 0 Å². The first kappa shape index (κ1) is 15.4. The third-order valence-electron chi connectivity index (χ3n) is 2.96. The Morgan fingerprint density at radius 3 is 2.67 bits per heavy atom. The van der Waals surface area contributed by atoms with Gasteiger partial charge in [0.2, 0.25) is 5.91 Å². The molecule has 0 radical (unpaired) electrons. The van der Waals surface area contributed by atoms with Gasteiger partial charge in [0.25, 0.3) is 0 Å². The molecule has 0 saturated heterocycles. The number of phenolic OH excluding ortho intramolecular Hbond substituents is 1. The summed E-state index contributed by atoms with van der Waals surface area (Å²) in [6, 6.07) is 14.9. The van der Waals surface area contributed by atoms with Gasteiger partial charge in [-0.15, -0.1) is 11.8 Å². The molecule has 2 N–H and O–H groups in total. The lowest BCUT2D eigenvalue weighted by Crippen LogP contribution is -2.11. The Bertz CT molecular complexity index is 596. The molecular formula is C17H19NO2S. The maximum atomic E-state index is 11.8. The fourth-order valence-electron chi connectivity index (χ4n) is 1.91. The van der Waals surface area contributed by atoms with Gasteiger partial charge in [0, 0.05) is 17.0 Å². The minimum absolute atomic E-state index is 0.0481. The van der Waals surface area contributed by atoms with E-state index in [0.717, 1.165) is 28.3 Å². The van der Waals surface area contributed by atoms with Gasteiger partial charge < -0.3 is 10.4 Å². The summed E-state index contributed by atoms with van der Waals surface area (Å²) in [4.78, 5) is 12.9. The van der Waals surface area contributed by atoms with Gasteiger partial charge in [0.05, 0.1) is 0 Å². The average Bonchev–Trinajstić information content (AvgIpc) is 2.45. The fraction of sp³-hybridized carbons (Fsp3) is 0.235. The molecule has 110 valence electrons. The molecule has 0 aromatic heterocycles. The lowest BCUT2D eigenvalue weighted by Gasteiger charge is -2.06. The van der Waals surface area contributed by atoms with Crippen LogP contribution >= 0.6 is 11.8 Å². The normalized spacial score (nSPS) is 10.3. The average molecular weight is 301 g/mol. The Kier molecular flexibility index (Phi) is 5.69. The van der Waals surface area contributed by atoms with Gasteiger partial charge in [0.15, 0.2) is 0 Å². The number of aryl methyl sites for hydroxylation is 1. The zero-order valence-corrected chi connectivity index (χ0v) is 12.8. The summed E-state index contributed by atoms with van der Waals surface area (Å²) in [5.41, 5.74) is 1.99. The highest BCUT2D eigenvalue weighted by Gasteiger charge is 2.03. The first-order valence-electron chi connectivity index (χ1n) is 6.92. The maximum Gasteiger partial charge on any atom is 0.224 e. The number of carbonyl (C=O) groups is 1. The zero-order chi connectivity index (χ0) is 15.1. The van der Waals surface area contributed by atoms with E-state index in [0.29, 0.717) is 6.42 Å². The van der Waals surface area contributed by atoms with Crippen LogP contribution in [0.2, 0.25) is 0 Å². The second-order valence-electron chi connectivity index (χ2n) is 4.86. The largest absolute Gasteiger partial charge is 0.508 e. The third kappa shape index (κ3) is 5.52. The molecule has 2 rings (SSSR count). The minimum atomic E-state index is 0.0481. The van der Waals surface area contributed by atoms with Crippen molar-refractivity contribution in [3.63, 3.8) is 0 Å². The van der Waals surface area contributed by atoms with Gasteiger partial charge in [-0.3, -0.25) is 4.79 Å². The molecule has 3 nitrogen and oxygen atoms in total. The fourth-order valence-corrected chi connectivity index (χ4v) is 2.76. The van der Waals surface area contributed by atoms with E-state index in [9.17, 15) is 9.90 Å². The van der Waals surface area contributed by atoms with Crippen molar-refractivity contribution in [2.45, 2.75) is 24.7 Å². The summed E-state index contributed by atoms with van der Waals surface area (Å²) < 4.78 is 0. The summed E-state index contributed by atoms with van der Waals surface area (Å²) >= 11 is 1.69. The number of hydrogen-bond donors (Lipinski definition) is 2. The first-order chi connectivity index (χ1) is 10.1. The van der Waals surface area contributed by atoms with Gasteiger partial charge in [-0.05, 0) is 61.1 Å². The van der Waals surface area contributed by atoms with Crippen molar-refractivity contribution in [1.29, 1.82) is 0 Å². The third-order valence-corrected chi connectivity index (χ3v) is 4.05. The molecule has 0 heterocycles. The Balaban J connectivity index is 1.68. The molecule has 0 aliphatic rings. The number of benzene rings is 2. The van der Waals surface area contributed by atoms with Crippen LogP contribution in [0.4, 0.5) is 5.69 Å². The molecule has 0 bridgehead atoms. The van der Waals surface area contributed by atoms with E-state index in [1.165, 1.54) is 0 Å². The number of amides is 1. The SMILES string of the molecule is Cc1cccc(NC(=O)CCCSc2ccc(O)cc2)c1. The second-order valence-corrected chi connectivity index (χ2v) is 6.03. The number of phenols is 1. The van der Waals surface area contributed by atoms with Crippen LogP contribution in [-0.2, 0) is 4.79 Å². The number of rotatable bonds is 6. The Morgan fingerprint density at radius 1 is 1.19 bits per heavy atom. The van der Waals surface area contributed by atoms with Crippen LogP contribution in [0.1, 0.15) is 18.4 Å². The Morgan fingerprint density at radius 2 is 1.95 bits per heavy atom. The van der Waals surface area contributed by atoms with Crippen LogP contribution in [0, 0.1) is 6.92 Å². The molecule has 4 heteroatoms. The van der Waals surface area contributed by atoms with Crippen molar-refractivity contribution in [2.24, 2.45) is 0 Å². The number of carbonyl (C=O) groups excluding carboxylic acids is 1. The molecule has 21 heavy (non-hydrogen) atoms. The number of hydrogen-bond acceptors (Lipinski definition) is 3. The molecule has 0 spiro atoms. The van der Waals surface area contributed by atoms with Crippen LogP contribution in [0.3, 0.4) is 0 Å².